The number of nitrogens with two attached hydrogens (primary N) is 1. The minimum Gasteiger partial charge on any atom is -0.409 e. The monoisotopic (exact) mass is 265 g/mol. The zero-order valence-corrected chi connectivity index (χ0v) is 11.0. The number of rotatable bonds is 7. The molecule has 0 aliphatic heterocycles. The number of para-hydroxylation sites is 1. The van der Waals surface area contributed by atoms with Crippen molar-refractivity contribution in [3.63, 3.8) is 0 Å². The molecular weight excluding hydrogens is 246 g/mol. The van der Waals surface area contributed by atoms with Crippen LogP contribution in [-0.2, 0) is 9.53 Å². The maximum atomic E-state index is 12.1. The Kier molecular flexibility index (Phi) is 6.38. The second kappa shape index (κ2) is 8.10. The first-order valence-corrected chi connectivity index (χ1v) is 5.99. The lowest BCUT2D eigenvalue weighted by atomic mass is 10.2. The Hall–Kier alpha value is -2.08. The molecule has 104 valence electrons. The molecular formula is C13H19N3O3. The summed E-state index contributed by atoms with van der Waals surface area (Å²) in [6.07, 6.45) is 0.603. The molecule has 6 heteroatoms. The topological polar surface area (TPSA) is 88.2 Å². The molecule has 19 heavy (non-hydrogen) atoms. The number of ether oxygens (including phenoxy) is 1. The minimum atomic E-state index is -0.0567. The van der Waals surface area contributed by atoms with Gasteiger partial charge >= 0.3 is 0 Å². The fourth-order valence-corrected chi connectivity index (χ4v) is 1.61. The molecule has 1 amide bonds. The Balaban J connectivity index is 2.76. The van der Waals surface area contributed by atoms with E-state index in [-0.39, 0.29) is 11.7 Å². The van der Waals surface area contributed by atoms with Gasteiger partial charge in [0, 0.05) is 25.8 Å². The molecule has 0 radical (unpaired) electrons. The van der Waals surface area contributed by atoms with Crippen molar-refractivity contribution in [1.29, 1.82) is 0 Å². The highest BCUT2D eigenvalue weighted by atomic mass is 16.5. The van der Waals surface area contributed by atoms with Crippen LogP contribution in [0, 0.1) is 0 Å². The van der Waals surface area contributed by atoms with Gasteiger partial charge < -0.3 is 20.6 Å². The summed E-state index contributed by atoms with van der Waals surface area (Å²) in [6, 6.07) is 9.28. The van der Waals surface area contributed by atoms with Gasteiger partial charge in [-0.25, -0.2) is 0 Å². The molecule has 0 aliphatic rings. The van der Waals surface area contributed by atoms with E-state index < -0.39 is 0 Å². The molecule has 1 aromatic carbocycles. The van der Waals surface area contributed by atoms with Crippen molar-refractivity contribution in [1.82, 2.24) is 0 Å². The van der Waals surface area contributed by atoms with Crippen molar-refractivity contribution in [2.24, 2.45) is 10.9 Å². The highest BCUT2D eigenvalue weighted by Crippen LogP contribution is 2.15. The van der Waals surface area contributed by atoms with Gasteiger partial charge in [0.1, 0.15) is 5.84 Å². The third-order valence-corrected chi connectivity index (χ3v) is 2.61. The van der Waals surface area contributed by atoms with E-state index >= 15 is 0 Å². The zero-order chi connectivity index (χ0) is 14.1. The minimum absolute atomic E-state index is 0.0567. The number of hydrogen-bond acceptors (Lipinski definition) is 4. The molecule has 1 rings (SSSR count). The smallest absolute Gasteiger partial charge is 0.229 e. The number of nitrogens with zero attached hydrogens (tertiary/aromatic N) is 2. The number of oxime groups is 1. The van der Waals surface area contributed by atoms with Crippen molar-refractivity contribution in [3.8, 4) is 0 Å². The van der Waals surface area contributed by atoms with E-state index in [2.05, 4.69) is 5.16 Å². The quantitative estimate of drug-likeness (QED) is 0.335. The van der Waals surface area contributed by atoms with Crippen LogP contribution in [0.2, 0.25) is 0 Å². The molecule has 6 nitrogen and oxygen atoms in total. The van der Waals surface area contributed by atoms with Gasteiger partial charge in [-0.3, -0.25) is 4.79 Å². The Morgan fingerprint density at radius 3 is 2.63 bits per heavy atom. The Bertz CT molecular complexity index is 420. The summed E-state index contributed by atoms with van der Waals surface area (Å²) in [6.45, 7) is 0.730. The number of amidine groups is 1. The maximum Gasteiger partial charge on any atom is 0.229 e. The predicted molar refractivity (Wildman–Crippen MR) is 73.3 cm³/mol. The highest BCUT2D eigenvalue weighted by molar-refractivity contribution is 5.94. The van der Waals surface area contributed by atoms with Crippen LogP contribution >= 0.6 is 0 Å². The number of carbonyl (C=O) groups is 1. The van der Waals surface area contributed by atoms with Gasteiger partial charge in [0.25, 0.3) is 0 Å². The molecule has 0 aliphatic carbocycles. The summed E-state index contributed by atoms with van der Waals surface area (Å²) in [5, 5.41) is 11.4. The molecule has 0 saturated heterocycles. The lowest BCUT2D eigenvalue weighted by Gasteiger charge is -2.22. The lowest BCUT2D eigenvalue weighted by Crippen LogP contribution is -2.34. The van der Waals surface area contributed by atoms with E-state index in [1.54, 1.807) is 12.0 Å². The van der Waals surface area contributed by atoms with Gasteiger partial charge in [0.05, 0.1) is 13.0 Å². The van der Waals surface area contributed by atoms with Crippen molar-refractivity contribution in [2.75, 3.05) is 25.2 Å². The number of carbonyl (C=O) groups excluding carboxylic acids is 1. The van der Waals surface area contributed by atoms with Gasteiger partial charge in [0.2, 0.25) is 5.91 Å². The van der Waals surface area contributed by atoms with Crippen LogP contribution in [0.25, 0.3) is 0 Å². The van der Waals surface area contributed by atoms with Gasteiger partial charge in [-0.15, -0.1) is 0 Å². The Morgan fingerprint density at radius 1 is 1.37 bits per heavy atom. The lowest BCUT2D eigenvalue weighted by molar-refractivity contribution is -0.119. The van der Waals surface area contributed by atoms with Gasteiger partial charge in [-0.2, -0.15) is 0 Å². The highest BCUT2D eigenvalue weighted by Gasteiger charge is 2.15. The van der Waals surface area contributed by atoms with E-state index in [1.807, 2.05) is 30.3 Å². The second-order valence-corrected chi connectivity index (χ2v) is 3.97. The molecule has 0 bridgehead atoms. The third kappa shape index (κ3) is 4.97. The standard InChI is InChI=1S/C13H19N3O3/c1-19-10-8-13(17)16(9-7-12(14)15-18)11-5-3-2-4-6-11/h2-6,18H,7-10H2,1H3,(H2,14,15). The first kappa shape index (κ1) is 15.0. The number of anilines is 1. The largest absolute Gasteiger partial charge is 0.409 e. The molecule has 0 heterocycles. The number of methoxy groups -OCH3 is 1. The van der Waals surface area contributed by atoms with E-state index in [0.717, 1.165) is 5.69 Å². The average molecular weight is 265 g/mol. The molecule has 0 spiro atoms. The van der Waals surface area contributed by atoms with Crippen LogP contribution in [0.5, 0.6) is 0 Å². The molecule has 0 unspecified atom stereocenters. The summed E-state index contributed by atoms with van der Waals surface area (Å²) < 4.78 is 4.91. The predicted octanol–water partition coefficient (Wildman–Crippen LogP) is 1.19. The van der Waals surface area contributed by atoms with Crippen LogP contribution < -0.4 is 10.6 Å². The fourth-order valence-electron chi connectivity index (χ4n) is 1.61. The van der Waals surface area contributed by atoms with Gasteiger partial charge in [-0.1, -0.05) is 23.4 Å². The molecule has 0 fully saturated rings. The van der Waals surface area contributed by atoms with Gasteiger partial charge in [-0.05, 0) is 12.1 Å². The summed E-state index contributed by atoms with van der Waals surface area (Å²) in [5.74, 6) is 0.0410. The number of benzene rings is 1. The summed E-state index contributed by atoms with van der Waals surface area (Å²) in [4.78, 5) is 13.7. The van der Waals surface area contributed by atoms with Crippen molar-refractivity contribution < 1.29 is 14.7 Å². The first-order chi connectivity index (χ1) is 9.19. The van der Waals surface area contributed by atoms with E-state index in [4.69, 9.17) is 15.7 Å². The van der Waals surface area contributed by atoms with E-state index in [1.165, 1.54) is 0 Å². The van der Waals surface area contributed by atoms with Gasteiger partial charge in [0.15, 0.2) is 0 Å². The molecule has 0 aromatic heterocycles. The van der Waals surface area contributed by atoms with Crippen LogP contribution in [0.15, 0.2) is 35.5 Å². The molecule has 0 atom stereocenters. The van der Waals surface area contributed by atoms with Crippen LogP contribution in [-0.4, -0.2) is 37.2 Å². The van der Waals surface area contributed by atoms with E-state index in [0.29, 0.717) is 26.0 Å². The van der Waals surface area contributed by atoms with Crippen LogP contribution in [0.1, 0.15) is 12.8 Å². The third-order valence-electron chi connectivity index (χ3n) is 2.61. The molecule has 0 saturated carbocycles. The Morgan fingerprint density at radius 2 is 2.05 bits per heavy atom. The van der Waals surface area contributed by atoms with Crippen LogP contribution in [0.3, 0.4) is 0 Å². The first-order valence-electron chi connectivity index (χ1n) is 5.99. The van der Waals surface area contributed by atoms with Crippen molar-refractivity contribution in [3.05, 3.63) is 30.3 Å². The normalized spacial score (nSPS) is 11.3. The van der Waals surface area contributed by atoms with Crippen molar-refractivity contribution >= 4 is 17.4 Å². The van der Waals surface area contributed by atoms with Crippen molar-refractivity contribution in [2.45, 2.75) is 12.8 Å². The zero-order valence-electron chi connectivity index (χ0n) is 11.0. The van der Waals surface area contributed by atoms with E-state index in [9.17, 15) is 4.79 Å². The Labute approximate surface area is 112 Å². The molecule has 3 N–H and O–H groups in total. The molecule has 1 aromatic rings. The number of amides is 1. The SMILES string of the molecule is COCCC(=O)N(CCC(N)=NO)c1ccccc1. The van der Waals surface area contributed by atoms with Crippen LogP contribution in [0.4, 0.5) is 5.69 Å². The average Bonchev–Trinajstić information content (AvgIpc) is 2.46. The summed E-state index contributed by atoms with van der Waals surface area (Å²) >= 11 is 0. The number of hydrogen-bond donors (Lipinski definition) is 2. The fraction of sp³-hybridized carbons (Fsp3) is 0.385. The second-order valence-electron chi connectivity index (χ2n) is 3.97. The maximum absolute atomic E-state index is 12.1. The summed E-state index contributed by atoms with van der Waals surface area (Å²) in [7, 11) is 1.55. The summed E-state index contributed by atoms with van der Waals surface area (Å²) in [5.41, 5.74) is 6.22.